The molecule has 1 amide bonds. The summed E-state index contributed by atoms with van der Waals surface area (Å²) in [4.78, 5) is 16.7. The van der Waals surface area contributed by atoms with Crippen molar-refractivity contribution < 1.29 is 9.90 Å². The van der Waals surface area contributed by atoms with Crippen molar-refractivity contribution in [2.75, 3.05) is 18.9 Å². The molecule has 110 valence electrons. The van der Waals surface area contributed by atoms with Crippen LogP contribution in [0.2, 0.25) is 0 Å². The van der Waals surface area contributed by atoms with Gasteiger partial charge in [0.1, 0.15) is 10.5 Å². The Hall–Kier alpha value is -1.92. The molecule has 0 spiro atoms. The summed E-state index contributed by atoms with van der Waals surface area (Å²) in [5, 5.41) is 17.2. The lowest BCUT2D eigenvalue weighted by molar-refractivity contribution is 0.0370. The Labute approximate surface area is 127 Å². The van der Waals surface area contributed by atoms with E-state index in [1.165, 1.54) is 11.3 Å². The fraction of sp³-hybridized carbons (Fsp3) is 0.333. The van der Waals surface area contributed by atoms with Gasteiger partial charge in [0.2, 0.25) is 0 Å². The minimum Gasteiger partial charge on any atom is -0.383 e. The number of benzene rings is 1. The molecule has 0 fully saturated rings. The molecule has 3 N–H and O–H groups in total. The molecule has 0 radical (unpaired) electrons. The quantitative estimate of drug-likeness (QED) is 0.804. The largest absolute Gasteiger partial charge is 0.383 e. The molecule has 2 aromatic rings. The average Bonchev–Trinajstić information content (AvgIpc) is 3.11. The molecule has 3 rings (SSSR count). The first kappa shape index (κ1) is 14.0. The van der Waals surface area contributed by atoms with Crippen LogP contribution in [-0.2, 0) is 12.0 Å². The van der Waals surface area contributed by atoms with Gasteiger partial charge in [-0.2, -0.15) is 0 Å². The lowest BCUT2D eigenvalue weighted by Gasteiger charge is -2.24. The van der Waals surface area contributed by atoms with Crippen LogP contribution >= 0.6 is 11.3 Å². The van der Waals surface area contributed by atoms with Gasteiger partial charge in [-0.1, -0.05) is 35.6 Å². The van der Waals surface area contributed by atoms with E-state index in [1.54, 1.807) is 13.2 Å². The zero-order valence-electron chi connectivity index (χ0n) is 11.7. The first-order chi connectivity index (χ1) is 10.1. The number of hydrogen-bond acceptors (Lipinski definition) is 5. The molecule has 0 saturated carbocycles. The third-order valence-electron chi connectivity index (χ3n) is 3.81. The fourth-order valence-corrected chi connectivity index (χ4v) is 3.35. The van der Waals surface area contributed by atoms with Crippen molar-refractivity contribution >= 4 is 22.4 Å². The van der Waals surface area contributed by atoms with Crippen molar-refractivity contribution in [1.29, 1.82) is 0 Å². The number of fused-ring (bicyclic) bond motifs is 1. The van der Waals surface area contributed by atoms with Crippen molar-refractivity contribution in [3.8, 4) is 0 Å². The Morgan fingerprint density at radius 2 is 2.29 bits per heavy atom. The lowest BCUT2D eigenvalue weighted by Crippen LogP contribution is -2.39. The van der Waals surface area contributed by atoms with Gasteiger partial charge in [-0.3, -0.25) is 4.79 Å². The number of carbonyl (C=O) groups is 1. The third-order valence-corrected chi connectivity index (χ3v) is 4.82. The first-order valence-corrected chi connectivity index (χ1v) is 7.66. The van der Waals surface area contributed by atoms with Gasteiger partial charge < -0.3 is 15.7 Å². The predicted octanol–water partition coefficient (Wildman–Crippen LogP) is 1.75. The Kier molecular flexibility index (Phi) is 3.65. The van der Waals surface area contributed by atoms with E-state index in [0.29, 0.717) is 16.4 Å². The Bertz CT molecular complexity index is 670. The molecule has 1 aliphatic carbocycles. The summed E-state index contributed by atoms with van der Waals surface area (Å²) in [5.74, 6) is -0.202. The monoisotopic (exact) mass is 303 g/mol. The second-order valence-electron chi connectivity index (χ2n) is 5.15. The Balaban J connectivity index is 1.69. The van der Waals surface area contributed by atoms with Crippen LogP contribution in [0.5, 0.6) is 0 Å². The van der Waals surface area contributed by atoms with Crippen LogP contribution in [0.4, 0.5) is 5.13 Å². The summed E-state index contributed by atoms with van der Waals surface area (Å²) in [6.07, 6.45) is 3.02. The molecular weight excluding hydrogens is 286 g/mol. The zero-order valence-corrected chi connectivity index (χ0v) is 12.5. The van der Waals surface area contributed by atoms with Gasteiger partial charge in [-0.15, -0.1) is 0 Å². The first-order valence-electron chi connectivity index (χ1n) is 6.85. The number of aryl methyl sites for hydroxylation is 1. The Morgan fingerprint density at radius 3 is 3.05 bits per heavy atom. The fourth-order valence-electron chi connectivity index (χ4n) is 2.66. The number of aliphatic hydroxyl groups is 1. The molecule has 1 atom stereocenters. The van der Waals surface area contributed by atoms with Gasteiger partial charge in [0.15, 0.2) is 5.13 Å². The molecule has 0 saturated heterocycles. The van der Waals surface area contributed by atoms with Crippen LogP contribution in [0.15, 0.2) is 30.5 Å². The van der Waals surface area contributed by atoms with E-state index in [2.05, 4.69) is 15.6 Å². The van der Waals surface area contributed by atoms with E-state index in [0.717, 1.165) is 17.5 Å². The number of hydrogen-bond donors (Lipinski definition) is 3. The molecule has 5 nitrogen and oxygen atoms in total. The highest BCUT2D eigenvalue weighted by atomic mass is 32.1. The van der Waals surface area contributed by atoms with E-state index in [4.69, 9.17) is 0 Å². The van der Waals surface area contributed by atoms with Gasteiger partial charge in [0.25, 0.3) is 5.91 Å². The Morgan fingerprint density at radius 1 is 1.48 bits per heavy atom. The SMILES string of the molecule is CNc1ncc(C(=O)NCC2(O)CCc3ccccc32)s1. The van der Waals surface area contributed by atoms with Crippen molar-refractivity contribution in [3.63, 3.8) is 0 Å². The third kappa shape index (κ3) is 2.64. The van der Waals surface area contributed by atoms with Gasteiger partial charge in [-0.05, 0) is 24.0 Å². The smallest absolute Gasteiger partial charge is 0.263 e. The van der Waals surface area contributed by atoms with Crippen LogP contribution in [0, 0.1) is 0 Å². The van der Waals surface area contributed by atoms with Crippen LogP contribution < -0.4 is 10.6 Å². The second kappa shape index (κ2) is 5.46. The van der Waals surface area contributed by atoms with Crippen LogP contribution in [0.3, 0.4) is 0 Å². The molecule has 0 bridgehead atoms. The highest BCUT2D eigenvalue weighted by Crippen LogP contribution is 2.36. The van der Waals surface area contributed by atoms with Crippen LogP contribution in [0.1, 0.15) is 27.2 Å². The standard InChI is InChI=1S/C15H17N3O2S/c1-16-14-17-8-12(21-14)13(19)18-9-15(20)7-6-10-4-2-3-5-11(10)15/h2-5,8,20H,6-7,9H2,1H3,(H,16,17)(H,18,19). The number of aromatic nitrogens is 1. The predicted molar refractivity (Wildman–Crippen MR) is 82.7 cm³/mol. The number of thiazole rings is 1. The molecule has 1 aromatic heterocycles. The highest BCUT2D eigenvalue weighted by molar-refractivity contribution is 7.17. The second-order valence-corrected chi connectivity index (χ2v) is 6.18. The number of nitrogens with zero attached hydrogens (tertiary/aromatic N) is 1. The summed E-state index contributed by atoms with van der Waals surface area (Å²) in [6.45, 7) is 0.218. The molecule has 1 unspecified atom stereocenters. The number of nitrogens with one attached hydrogen (secondary N) is 2. The highest BCUT2D eigenvalue weighted by Gasteiger charge is 2.36. The van der Waals surface area contributed by atoms with Crippen LogP contribution in [-0.4, -0.2) is 29.6 Å². The van der Waals surface area contributed by atoms with Gasteiger partial charge in [0, 0.05) is 7.05 Å². The molecule has 1 aliphatic rings. The molecule has 6 heteroatoms. The molecule has 0 aliphatic heterocycles. The van der Waals surface area contributed by atoms with E-state index in [9.17, 15) is 9.90 Å². The van der Waals surface area contributed by atoms with Crippen molar-refractivity contribution in [2.45, 2.75) is 18.4 Å². The van der Waals surface area contributed by atoms with E-state index >= 15 is 0 Å². The van der Waals surface area contributed by atoms with Gasteiger partial charge in [0.05, 0.1) is 12.7 Å². The topological polar surface area (TPSA) is 74.2 Å². The summed E-state index contributed by atoms with van der Waals surface area (Å²) >= 11 is 1.29. The van der Waals surface area contributed by atoms with Crippen LogP contribution in [0.25, 0.3) is 0 Å². The lowest BCUT2D eigenvalue weighted by atomic mass is 9.96. The van der Waals surface area contributed by atoms with E-state index in [-0.39, 0.29) is 12.5 Å². The summed E-state index contributed by atoms with van der Waals surface area (Å²) in [5.41, 5.74) is 1.11. The van der Waals surface area contributed by atoms with E-state index in [1.807, 2.05) is 24.3 Å². The summed E-state index contributed by atoms with van der Waals surface area (Å²) in [6, 6.07) is 7.84. The van der Waals surface area contributed by atoms with Crippen molar-refractivity contribution in [3.05, 3.63) is 46.5 Å². The molecule has 1 heterocycles. The van der Waals surface area contributed by atoms with Crippen molar-refractivity contribution in [1.82, 2.24) is 10.3 Å². The molecule has 21 heavy (non-hydrogen) atoms. The van der Waals surface area contributed by atoms with Gasteiger partial charge in [-0.25, -0.2) is 4.98 Å². The summed E-state index contributed by atoms with van der Waals surface area (Å²) < 4.78 is 0. The average molecular weight is 303 g/mol. The molecule has 1 aromatic carbocycles. The number of amides is 1. The van der Waals surface area contributed by atoms with Gasteiger partial charge >= 0.3 is 0 Å². The van der Waals surface area contributed by atoms with Crippen molar-refractivity contribution in [2.24, 2.45) is 0 Å². The maximum absolute atomic E-state index is 12.1. The normalized spacial score (nSPS) is 20.1. The maximum Gasteiger partial charge on any atom is 0.263 e. The number of rotatable bonds is 4. The molecular formula is C15H17N3O2S. The van der Waals surface area contributed by atoms with E-state index < -0.39 is 5.60 Å². The zero-order chi connectivity index (χ0) is 14.9. The number of carbonyl (C=O) groups excluding carboxylic acids is 1. The minimum atomic E-state index is -0.969. The minimum absolute atomic E-state index is 0.202. The maximum atomic E-state index is 12.1. The summed E-state index contributed by atoms with van der Waals surface area (Å²) in [7, 11) is 1.76. The number of anilines is 1.